The smallest absolute Gasteiger partial charge is 0.236 e. The number of allylic oxidation sites excluding steroid dienone is 4. The van der Waals surface area contributed by atoms with Crippen LogP contribution >= 0.6 is 10.7 Å². The van der Waals surface area contributed by atoms with E-state index in [0.717, 1.165) is 24.8 Å². The average molecular weight is 385 g/mol. The number of carbonyl (C=O) groups is 1. The fourth-order valence-electron chi connectivity index (χ4n) is 6.74. The molecule has 0 aliphatic heterocycles. The minimum atomic E-state index is -3.65. The van der Waals surface area contributed by atoms with E-state index < -0.39 is 25.8 Å². The van der Waals surface area contributed by atoms with Gasteiger partial charge < -0.3 is 5.11 Å². The molecule has 7 atom stereocenters. The molecular weight excluding hydrogens is 360 g/mol. The summed E-state index contributed by atoms with van der Waals surface area (Å²) in [7, 11) is 2.11. The number of hydrogen-bond acceptors (Lipinski definition) is 4. The molecule has 0 aromatic rings. The summed E-state index contributed by atoms with van der Waals surface area (Å²) in [4.78, 5) is 11.8. The molecule has 0 unspecified atom stereocenters. The molecule has 0 aromatic heterocycles. The first-order valence-electron chi connectivity index (χ1n) is 9.13. The zero-order valence-corrected chi connectivity index (χ0v) is 16.2. The molecule has 0 radical (unpaired) electrons. The zero-order chi connectivity index (χ0) is 18.2. The van der Waals surface area contributed by atoms with Crippen molar-refractivity contribution in [1.29, 1.82) is 0 Å². The maximum Gasteiger partial charge on any atom is 0.236 e. The topological polar surface area (TPSA) is 71.4 Å². The number of carbonyl (C=O) groups excluding carboxylic acids is 1. The van der Waals surface area contributed by atoms with Gasteiger partial charge in [-0.15, -0.1) is 0 Å². The Morgan fingerprint density at radius 2 is 1.96 bits per heavy atom. The average Bonchev–Trinajstić information content (AvgIpc) is 2.84. The number of aliphatic hydroxyl groups excluding tert-OH is 1. The van der Waals surface area contributed by atoms with Crippen LogP contribution in [0.1, 0.15) is 46.0 Å². The molecule has 0 heterocycles. The van der Waals surface area contributed by atoms with Gasteiger partial charge >= 0.3 is 0 Å². The van der Waals surface area contributed by atoms with Gasteiger partial charge in [0.25, 0.3) is 0 Å². The lowest BCUT2D eigenvalue weighted by atomic mass is 9.47. The van der Waals surface area contributed by atoms with E-state index in [1.54, 1.807) is 12.2 Å². The first-order chi connectivity index (χ1) is 11.6. The van der Waals surface area contributed by atoms with Crippen molar-refractivity contribution in [2.24, 2.45) is 28.6 Å². The van der Waals surface area contributed by atoms with E-state index in [9.17, 15) is 18.3 Å². The first kappa shape index (κ1) is 17.7. The largest absolute Gasteiger partial charge is 0.393 e. The highest BCUT2D eigenvalue weighted by Crippen LogP contribution is 2.65. The second-order valence-electron chi connectivity index (χ2n) is 8.84. The molecule has 1 N–H and O–H groups in total. The van der Waals surface area contributed by atoms with Gasteiger partial charge in [-0.05, 0) is 61.5 Å². The number of rotatable bonds is 1. The lowest BCUT2D eigenvalue weighted by molar-refractivity contribution is -0.113. The van der Waals surface area contributed by atoms with Crippen LogP contribution < -0.4 is 0 Å². The Morgan fingerprint density at radius 1 is 1.24 bits per heavy atom. The predicted octanol–water partition coefficient (Wildman–Crippen LogP) is 3.20. The van der Waals surface area contributed by atoms with Crippen molar-refractivity contribution in [2.75, 3.05) is 0 Å². The molecule has 0 bridgehead atoms. The van der Waals surface area contributed by atoms with Crippen LogP contribution in [0.25, 0.3) is 0 Å². The summed E-state index contributed by atoms with van der Waals surface area (Å²) in [5, 5.41) is 10.5. The summed E-state index contributed by atoms with van der Waals surface area (Å²) < 4.78 is 24.2. The zero-order valence-electron chi connectivity index (χ0n) is 14.6. The van der Waals surface area contributed by atoms with Crippen LogP contribution in [0.2, 0.25) is 0 Å². The predicted molar refractivity (Wildman–Crippen MR) is 96.6 cm³/mol. The molecule has 0 amide bonds. The molecule has 3 saturated carbocycles. The number of hydrogen-bond donors (Lipinski definition) is 1. The van der Waals surface area contributed by atoms with E-state index in [0.29, 0.717) is 12.8 Å². The van der Waals surface area contributed by atoms with Crippen molar-refractivity contribution >= 4 is 25.5 Å². The Labute approximate surface area is 153 Å². The van der Waals surface area contributed by atoms with E-state index >= 15 is 0 Å². The van der Waals surface area contributed by atoms with Crippen LogP contribution in [0.3, 0.4) is 0 Å². The monoisotopic (exact) mass is 384 g/mol. The van der Waals surface area contributed by atoms with Crippen molar-refractivity contribution in [3.8, 4) is 0 Å². The second-order valence-corrected chi connectivity index (χ2v) is 11.7. The Kier molecular flexibility index (Phi) is 3.85. The summed E-state index contributed by atoms with van der Waals surface area (Å²) in [5.74, 6) is 0.572. The van der Waals surface area contributed by atoms with E-state index in [1.807, 2.05) is 13.0 Å². The van der Waals surface area contributed by atoms with Gasteiger partial charge in [0.1, 0.15) is 0 Å². The lowest BCUT2D eigenvalue weighted by Crippen LogP contribution is -2.57. The first-order valence-corrected chi connectivity index (χ1v) is 11.5. The van der Waals surface area contributed by atoms with Gasteiger partial charge in [0.15, 0.2) is 5.78 Å². The highest BCUT2D eigenvalue weighted by molar-refractivity contribution is 8.14. The molecule has 0 aromatic carbocycles. The Balaban J connectivity index is 1.75. The van der Waals surface area contributed by atoms with Gasteiger partial charge in [-0.1, -0.05) is 25.5 Å². The van der Waals surface area contributed by atoms with Crippen molar-refractivity contribution < 1.29 is 18.3 Å². The SMILES string of the molecule is C[C@]12C[C@H](O)[C@H]3[C@@H](CCC4=CC(=O)C=C[C@@]43C)[C@@H]1CC[C@H]2S(=O)(=O)Cl. The fourth-order valence-corrected chi connectivity index (χ4v) is 8.95. The third kappa shape index (κ3) is 2.42. The van der Waals surface area contributed by atoms with Gasteiger partial charge in [-0.25, -0.2) is 8.42 Å². The van der Waals surface area contributed by atoms with Crippen LogP contribution in [-0.2, 0) is 13.8 Å². The van der Waals surface area contributed by atoms with Crippen LogP contribution in [-0.4, -0.2) is 30.7 Å². The van der Waals surface area contributed by atoms with Crippen molar-refractivity contribution in [2.45, 2.75) is 57.3 Å². The molecule has 4 aliphatic carbocycles. The standard InChI is InChI=1S/C19H25ClO4S/c1-18-8-7-12(21)9-11(18)3-4-13-14-5-6-16(25(20,23)24)19(14,2)10-15(22)17(13)18/h7-9,13-17,22H,3-6,10H2,1-2H3/t13-,14-,15-,16+,17+,18-,19-/m0/s1. The third-order valence-electron chi connectivity index (χ3n) is 7.75. The molecule has 3 fully saturated rings. The molecule has 0 saturated heterocycles. The highest BCUT2D eigenvalue weighted by atomic mass is 35.7. The third-order valence-corrected chi connectivity index (χ3v) is 9.84. The van der Waals surface area contributed by atoms with E-state index in [2.05, 4.69) is 6.92 Å². The van der Waals surface area contributed by atoms with Gasteiger partial charge in [0, 0.05) is 22.0 Å². The summed E-state index contributed by atoms with van der Waals surface area (Å²) >= 11 is 0. The fraction of sp³-hybridized carbons (Fsp3) is 0.737. The molecule has 4 rings (SSSR count). The quantitative estimate of drug-likeness (QED) is 0.704. The Hall–Kier alpha value is -0.650. The molecular formula is C19H25ClO4S. The summed E-state index contributed by atoms with van der Waals surface area (Å²) in [6.07, 6.45) is 8.36. The van der Waals surface area contributed by atoms with Gasteiger partial charge in [0.05, 0.1) is 11.4 Å². The van der Waals surface area contributed by atoms with Gasteiger partial charge in [0.2, 0.25) is 9.05 Å². The lowest BCUT2D eigenvalue weighted by Gasteiger charge is -2.58. The van der Waals surface area contributed by atoms with Crippen molar-refractivity contribution in [1.82, 2.24) is 0 Å². The summed E-state index contributed by atoms with van der Waals surface area (Å²) in [6, 6.07) is 0. The summed E-state index contributed by atoms with van der Waals surface area (Å²) in [5.41, 5.74) is 0.339. The number of halogens is 1. The molecule has 4 nitrogen and oxygen atoms in total. The normalized spacial score (nSPS) is 49.2. The number of fused-ring (bicyclic) bond motifs is 5. The van der Waals surface area contributed by atoms with Gasteiger partial charge in [-0.2, -0.15) is 0 Å². The second kappa shape index (κ2) is 5.43. The maximum atomic E-state index is 12.1. The van der Waals surface area contributed by atoms with Crippen LogP contribution in [0.15, 0.2) is 23.8 Å². The minimum absolute atomic E-state index is 0.0234. The Morgan fingerprint density at radius 3 is 2.64 bits per heavy atom. The Bertz CT molecular complexity index is 785. The van der Waals surface area contributed by atoms with Crippen molar-refractivity contribution in [3.63, 3.8) is 0 Å². The highest BCUT2D eigenvalue weighted by Gasteiger charge is 2.63. The summed E-state index contributed by atoms with van der Waals surface area (Å²) in [6.45, 7) is 4.12. The molecule has 6 heteroatoms. The number of ketones is 1. The van der Waals surface area contributed by atoms with Crippen LogP contribution in [0.4, 0.5) is 0 Å². The molecule has 25 heavy (non-hydrogen) atoms. The van der Waals surface area contributed by atoms with E-state index in [4.69, 9.17) is 10.7 Å². The molecule has 4 aliphatic rings. The van der Waals surface area contributed by atoms with Crippen LogP contribution in [0.5, 0.6) is 0 Å². The molecule has 0 spiro atoms. The van der Waals surface area contributed by atoms with Gasteiger partial charge in [-0.3, -0.25) is 4.79 Å². The number of aliphatic hydroxyl groups is 1. The van der Waals surface area contributed by atoms with Crippen molar-refractivity contribution in [3.05, 3.63) is 23.8 Å². The van der Waals surface area contributed by atoms with Crippen LogP contribution in [0, 0.1) is 28.6 Å². The molecule has 138 valence electrons. The van der Waals surface area contributed by atoms with E-state index in [-0.39, 0.29) is 29.0 Å². The maximum absolute atomic E-state index is 12.1. The van der Waals surface area contributed by atoms with E-state index in [1.165, 1.54) is 0 Å². The minimum Gasteiger partial charge on any atom is -0.393 e.